The number of nitrogens with zero attached hydrogens (tertiary/aromatic N) is 1. The molecule has 4 aromatic rings. The van der Waals surface area contributed by atoms with Crippen LogP contribution < -0.4 is 19.1 Å². The molecule has 7 heteroatoms. The lowest BCUT2D eigenvalue weighted by Crippen LogP contribution is -2.29. The Hall–Kier alpha value is -5.04. The van der Waals surface area contributed by atoms with Gasteiger partial charge in [0.2, 0.25) is 0 Å². The van der Waals surface area contributed by atoms with Crippen molar-refractivity contribution in [3.63, 3.8) is 0 Å². The molecule has 1 aliphatic heterocycles. The molecular weight excluding hydrogens is 494 g/mol. The first-order valence-corrected chi connectivity index (χ1v) is 12.4. The molecule has 0 aromatic heterocycles. The average Bonchev–Trinajstić information content (AvgIpc) is 3.26. The lowest BCUT2D eigenvalue weighted by molar-refractivity contribution is -0.132. The Balaban J connectivity index is 1.61. The van der Waals surface area contributed by atoms with E-state index in [1.54, 1.807) is 66.7 Å². The number of Topliss-reactive ketones (excluding diaryl/α,β-unsaturated/α-hetero) is 1. The first kappa shape index (κ1) is 25.6. The van der Waals surface area contributed by atoms with Crippen LogP contribution in [-0.2, 0) is 16.2 Å². The van der Waals surface area contributed by atoms with Crippen molar-refractivity contribution >= 4 is 23.1 Å². The molecule has 39 heavy (non-hydrogen) atoms. The summed E-state index contributed by atoms with van der Waals surface area (Å²) in [5.74, 6) is -0.687. The molecular formula is C32H27NO6. The van der Waals surface area contributed by atoms with Crippen LogP contribution in [0.25, 0.3) is 5.76 Å². The van der Waals surface area contributed by atoms with E-state index in [2.05, 4.69) is 0 Å². The van der Waals surface area contributed by atoms with Crippen molar-refractivity contribution in [3.8, 4) is 17.2 Å². The zero-order chi connectivity index (χ0) is 27.4. The summed E-state index contributed by atoms with van der Waals surface area (Å²) in [5, 5.41) is 11.6. The summed E-state index contributed by atoms with van der Waals surface area (Å²) in [6.07, 6.45) is 0. The molecule has 196 valence electrons. The second-order valence-electron chi connectivity index (χ2n) is 8.89. The number of anilines is 1. The van der Waals surface area contributed by atoms with E-state index in [1.807, 2.05) is 36.4 Å². The summed E-state index contributed by atoms with van der Waals surface area (Å²) in [6.45, 7) is 0.399. The third-order valence-corrected chi connectivity index (χ3v) is 6.59. The number of rotatable bonds is 8. The molecule has 1 unspecified atom stereocenters. The molecule has 1 amide bonds. The van der Waals surface area contributed by atoms with Gasteiger partial charge in [-0.2, -0.15) is 0 Å². The molecule has 5 rings (SSSR count). The van der Waals surface area contributed by atoms with Gasteiger partial charge in [0.1, 0.15) is 35.2 Å². The van der Waals surface area contributed by atoms with Gasteiger partial charge in [-0.1, -0.05) is 66.7 Å². The molecule has 1 saturated heterocycles. The van der Waals surface area contributed by atoms with Crippen molar-refractivity contribution in [2.75, 3.05) is 19.1 Å². The number of carbonyl (C=O) groups excluding carboxylic acids is 2. The topological polar surface area (TPSA) is 85.3 Å². The Labute approximate surface area is 226 Å². The number of ether oxygens (including phenoxy) is 3. The van der Waals surface area contributed by atoms with Gasteiger partial charge in [-0.05, 0) is 47.5 Å². The molecule has 4 aromatic carbocycles. The van der Waals surface area contributed by atoms with Gasteiger partial charge in [0.05, 0.1) is 25.8 Å². The highest BCUT2D eigenvalue weighted by atomic mass is 16.5. The van der Waals surface area contributed by atoms with Crippen LogP contribution in [0.15, 0.2) is 109 Å². The minimum atomic E-state index is -0.898. The maximum atomic E-state index is 13.5. The van der Waals surface area contributed by atoms with Crippen molar-refractivity contribution in [3.05, 3.63) is 125 Å². The summed E-state index contributed by atoms with van der Waals surface area (Å²) >= 11 is 0. The quantitative estimate of drug-likeness (QED) is 0.176. The number of hydrogen-bond donors (Lipinski definition) is 1. The molecule has 0 spiro atoms. The number of aliphatic hydroxyl groups excluding tert-OH is 1. The SMILES string of the molecule is COc1cccc(OC)c1/C(O)=C1\C(=O)C(=O)N(c2ccccc2)C1c1ccc(OCc2ccccc2)cc1. The normalized spacial score (nSPS) is 16.3. The molecule has 1 atom stereocenters. The van der Waals surface area contributed by atoms with Gasteiger partial charge in [-0.15, -0.1) is 0 Å². The maximum absolute atomic E-state index is 13.5. The molecule has 1 heterocycles. The Kier molecular flexibility index (Phi) is 7.32. The first-order valence-electron chi connectivity index (χ1n) is 12.4. The van der Waals surface area contributed by atoms with Crippen LogP contribution in [0.4, 0.5) is 5.69 Å². The number of aliphatic hydroxyl groups is 1. The van der Waals surface area contributed by atoms with E-state index in [0.717, 1.165) is 5.56 Å². The van der Waals surface area contributed by atoms with Crippen LogP contribution in [0.5, 0.6) is 17.2 Å². The zero-order valence-electron chi connectivity index (χ0n) is 21.5. The number of benzene rings is 4. The van der Waals surface area contributed by atoms with Crippen LogP contribution in [-0.4, -0.2) is 31.0 Å². The van der Waals surface area contributed by atoms with Gasteiger partial charge in [0, 0.05) is 5.69 Å². The Morgan fingerprint density at radius 2 is 1.36 bits per heavy atom. The molecule has 1 aliphatic rings. The third-order valence-electron chi connectivity index (χ3n) is 6.59. The predicted molar refractivity (Wildman–Crippen MR) is 148 cm³/mol. The van der Waals surface area contributed by atoms with E-state index >= 15 is 0 Å². The number of para-hydroxylation sites is 1. The fourth-order valence-electron chi connectivity index (χ4n) is 4.71. The van der Waals surface area contributed by atoms with Crippen molar-refractivity contribution in [2.45, 2.75) is 12.6 Å². The second kappa shape index (κ2) is 11.1. The summed E-state index contributed by atoms with van der Waals surface area (Å²) in [6, 6.07) is 30.0. The summed E-state index contributed by atoms with van der Waals surface area (Å²) < 4.78 is 16.8. The molecule has 0 aliphatic carbocycles. The summed E-state index contributed by atoms with van der Waals surface area (Å²) in [4.78, 5) is 28.3. The van der Waals surface area contributed by atoms with E-state index in [9.17, 15) is 14.7 Å². The molecule has 0 radical (unpaired) electrons. The van der Waals surface area contributed by atoms with E-state index in [0.29, 0.717) is 35.1 Å². The van der Waals surface area contributed by atoms with Gasteiger partial charge in [0.25, 0.3) is 11.7 Å². The largest absolute Gasteiger partial charge is 0.506 e. The van der Waals surface area contributed by atoms with Crippen LogP contribution in [0.1, 0.15) is 22.7 Å². The highest BCUT2D eigenvalue weighted by molar-refractivity contribution is 6.51. The number of hydrogen-bond acceptors (Lipinski definition) is 6. The first-order chi connectivity index (χ1) is 19.0. The zero-order valence-corrected chi connectivity index (χ0v) is 21.5. The van der Waals surface area contributed by atoms with E-state index < -0.39 is 17.7 Å². The second-order valence-corrected chi connectivity index (χ2v) is 8.89. The average molecular weight is 522 g/mol. The smallest absolute Gasteiger partial charge is 0.300 e. The number of methoxy groups -OCH3 is 2. The summed E-state index contributed by atoms with van der Waals surface area (Å²) in [5.41, 5.74) is 2.32. The van der Waals surface area contributed by atoms with Crippen molar-refractivity contribution < 1.29 is 28.9 Å². The van der Waals surface area contributed by atoms with E-state index in [-0.39, 0.29) is 16.9 Å². The number of amides is 1. The lowest BCUT2D eigenvalue weighted by atomic mass is 9.94. The number of ketones is 1. The van der Waals surface area contributed by atoms with Crippen LogP contribution >= 0.6 is 0 Å². The van der Waals surface area contributed by atoms with Gasteiger partial charge in [0.15, 0.2) is 0 Å². The lowest BCUT2D eigenvalue weighted by Gasteiger charge is -2.26. The van der Waals surface area contributed by atoms with Crippen LogP contribution in [0.3, 0.4) is 0 Å². The van der Waals surface area contributed by atoms with Gasteiger partial charge >= 0.3 is 0 Å². The van der Waals surface area contributed by atoms with Gasteiger partial charge in [-0.3, -0.25) is 14.5 Å². The fourth-order valence-corrected chi connectivity index (χ4v) is 4.71. The third kappa shape index (κ3) is 4.94. The highest BCUT2D eigenvalue weighted by Gasteiger charge is 2.47. The molecule has 1 N–H and O–H groups in total. The Morgan fingerprint density at radius 1 is 0.769 bits per heavy atom. The standard InChI is InChI=1S/C32H27NO6/c1-37-25-14-9-15-26(38-2)27(25)30(34)28-29(33(32(36)31(28)35)23-12-7-4-8-13-23)22-16-18-24(19-17-22)39-20-21-10-5-3-6-11-21/h3-19,29,34H,20H2,1-2H3/b30-28+. The molecule has 0 bridgehead atoms. The number of carbonyl (C=O) groups is 2. The molecule has 0 saturated carbocycles. The maximum Gasteiger partial charge on any atom is 0.300 e. The van der Waals surface area contributed by atoms with Crippen molar-refractivity contribution in [2.24, 2.45) is 0 Å². The minimum absolute atomic E-state index is 0.0652. The fraction of sp³-hybridized carbons (Fsp3) is 0.125. The monoisotopic (exact) mass is 521 g/mol. The predicted octanol–water partition coefficient (Wildman–Crippen LogP) is 5.91. The summed E-state index contributed by atoms with van der Waals surface area (Å²) in [7, 11) is 2.92. The van der Waals surface area contributed by atoms with E-state index in [4.69, 9.17) is 14.2 Å². The minimum Gasteiger partial charge on any atom is -0.506 e. The molecule has 7 nitrogen and oxygen atoms in total. The highest BCUT2D eigenvalue weighted by Crippen LogP contribution is 2.45. The molecule has 1 fully saturated rings. The van der Waals surface area contributed by atoms with Crippen LogP contribution in [0, 0.1) is 0 Å². The Morgan fingerprint density at radius 3 is 1.95 bits per heavy atom. The van der Waals surface area contributed by atoms with Crippen molar-refractivity contribution in [1.82, 2.24) is 0 Å². The van der Waals surface area contributed by atoms with Crippen LogP contribution in [0.2, 0.25) is 0 Å². The Bertz CT molecular complexity index is 1490. The van der Waals surface area contributed by atoms with Gasteiger partial charge < -0.3 is 19.3 Å². The van der Waals surface area contributed by atoms with Crippen molar-refractivity contribution in [1.29, 1.82) is 0 Å². The van der Waals surface area contributed by atoms with E-state index in [1.165, 1.54) is 19.1 Å². The van der Waals surface area contributed by atoms with Gasteiger partial charge in [-0.25, -0.2) is 0 Å².